The SMILES string of the molecule is C=CC(=O)N1C2CCC1CC(Oc1cc3c(Nc4ccc(Cl)c(Cl)c4F)ncnc3cc1OCCN1CCC1)C2. The predicted octanol–water partition coefficient (Wildman–Crippen LogP) is 5.99. The molecule has 3 fully saturated rings. The average molecular weight is 586 g/mol. The third-order valence-corrected chi connectivity index (χ3v) is 8.80. The first-order valence-electron chi connectivity index (χ1n) is 13.6. The van der Waals surface area contributed by atoms with E-state index in [9.17, 15) is 9.18 Å². The molecule has 2 unspecified atom stereocenters. The van der Waals surface area contributed by atoms with Gasteiger partial charge in [-0.2, -0.15) is 0 Å². The van der Waals surface area contributed by atoms with E-state index in [0.29, 0.717) is 34.8 Å². The van der Waals surface area contributed by atoms with Crippen molar-refractivity contribution < 1.29 is 18.7 Å². The van der Waals surface area contributed by atoms with Gasteiger partial charge in [0.1, 0.15) is 24.9 Å². The van der Waals surface area contributed by atoms with E-state index in [2.05, 4.69) is 26.8 Å². The smallest absolute Gasteiger partial charge is 0.246 e. The maximum absolute atomic E-state index is 14.8. The second kappa shape index (κ2) is 11.4. The summed E-state index contributed by atoms with van der Waals surface area (Å²) < 4.78 is 27.7. The molecule has 1 aromatic heterocycles. The molecule has 6 rings (SSSR count). The summed E-state index contributed by atoms with van der Waals surface area (Å²) in [6.45, 7) is 7.19. The van der Waals surface area contributed by atoms with Gasteiger partial charge in [0.05, 0.1) is 21.2 Å². The minimum atomic E-state index is -0.667. The number of amides is 1. The van der Waals surface area contributed by atoms with Crippen LogP contribution in [-0.4, -0.2) is 70.1 Å². The Morgan fingerprint density at radius 2 is 1.93 bits per heavy atom. The van der Waals surface area contributed by atoms with Gasteiger partial charge < -0.3 is 19.7 Å². The Morgan fingerprint density at radius 1 is 1.15 bits per heavy atom. The largest absolute Gasteiger partial charge is 0.488 e. The Kier molecular flexibility index (Phi) is 7.70. The summed E-state index contributed by atoms with van der Waals surface area (Å²) in [6.07, 6.45) is 7.30. The molecule has 2 aromatic carbocycles. The third kappa shape index (κ3) is 5.30. The van der Waals surface area contributed by atoms with Crippen LogP contribution in [0.3, 0.4) is 0 Å². The zero-order valence-electron chi connectivity index (χ0n) is 21.9. The van der Waals surface area contributed by atoms with Gasteiger partial charge in [0.25, 0.3) is 0 Å². The number of carbonyl (C=O) groups excluding carboxylic acids is 1. The number of nitrogens with zero attached hydrogens (tertiary/aromatic N) is 4. The van der Waals surface area contributed by atoms with E-state index in [-0.39, 0.29) is 39.8 Å². The Morgan fingerprint density at radius 3 is 2.62 bits per heavy atom. The molecule has 2 atom stereocenters. The predicted molar refractivity (Wildman–Crippen MR) is 153 cm³/mol. The molecule has 40 heavy (non-hydrogen) atoms. The molecule has 0 saturated carbocycles. The maximum Gasteiger partial charge on any atom is 0.246 e. The molecule has 3 saturated heterocycles. The van der Waals surface area contributed by atoms with E-state index >= 15 is 0 Å². The lowest BCUT2D eigenvalue weighted by Gasteiger charge is -2.38. The molecule has 3 aromatic rings. The molecular formula is C29H30Cl2FN5O3. The summed E-state index contributed by atoms with van der Waals surface area (Å²) in [4.78, 5) is 25.5. The molecule has 3 aliphatic heterocycles. The number of piperidine rings is 1. The third-order valence-electron chi connectivity index (χ3n) is 8.02. The van der Waals surface area contributed by atoms with Crippen molar-refractivity contribution in [2.45, 2.75) is 50.3 Å². The standard InChI is InChI=1S/C29H30Cl2FN5O3/c1-2-26(38)37-17-4-5-18(37)13-19(12-17)40-25-14-20-23(15-24(25)39-11-10-36-8-3-9-36)33-16-34-29(20)35-22-7-6-21(30)27(31)28(22)32/h2,6-7,14-19H,1,3-5,8-13H2,(H,33,34,35). The van der Waals surface area contributed by atoms with Crippen molar-refractivity contribution in [1.82, 2.24) is 19.8 Å². The van der Waals surface area contributed by atoms with Gasteiger partial charge >= 0.3 is 0 Å². The highest BCUT2D eigenvalue weighted by Crippen LogP contribution is 2.41. The van der Waals surface area contributed by atoms with Crippen molar-refractivity contribution in [3.8, 4) is 11.5 Å². The zero-order valence-corrected chi connectivity index (χ0v) is 23.4. The Hall–Kier alpha value is -3.14. The number of rotatable bonds is 9. The number of halogens is 3. The normalized spacial score (nSPS) is 22.2. The minimum Gasteiger partial charge on any atom is -0.488 e. The molecule has 1 amide bonds. The van der Waals surface area contributed by atoms with Crippen molar-refractivity contribution in [1.29, 1.82) is 0 Å². The number of nitrogens with one attached hydrogen (secondary N) is 1. The van der Waals surface area contributed by atoms with Crippen molar-refractivity contribution in [2.24, 2.45) is 0 Å². The van der Waals surface area contributed by atoms with Gasteiger partial charge in [-0.15, -0.1) is 0 Å². The number of hydrogen-bond donors (Lipinski definition) is 1. The van der Waals surface area contributed by atoms with Crippen LogP contribution >= 0.6 is 23.2 Å². The van der Waals surface area contributed by atoms with Gasteiger partial charge in [0, 0.05) is 42.9 Å². The molecule has 210 valence electrons. The maximum atomic E-state index is 14.8. The van der Waals surface area contributed by atoms with Crippen LogP contribution in [0.4, 0.5) is 15.9 Å². The first kappa shape index (κ1) is 27.1. The van der Waals surface area contributed by atoms with Crippen LogP contribution < -0.4 is 14.8 Å². The summed E-state index contributed by atoms with van der Waals surface area (Å²) in [6, 6.07) is 6.97. The number of anilines is 2. The number of hydrogen-bond acceptors (Lipinski definition) is 7. The lowest BCUT2D eigenvalue weighted by atomic mass is 9.99. The van der Waals surface area contributed by atoms with E-state index in [4.69, 9.17) is 32.7 Å². The number of benzene rings is 2. The number of likely N-dealkylation sites (tertiary alicyclic amines) is 1. The van der Waals surface area contributed by atoms with Crippen LogP contribution in [0.2, 0.25) is 10.0 Å². The summed E-state index contributed by atoms with van der Waals surface area (Å²) in [5, 5.41) is 3.63. The number of aromatic nitrogens is 2. The fraction of sp³-hybridized carbons (Fsp3) is 0.414. The van der Waals surface area contributed by atoms with E-state index in [1.165, 1.54) is 31.0 Å². The van der Waals surface area contributed by atoms with Crippen molar-refractivity contribution in [3.63, 3.8) is 0 Å². The number of carbonyl (C=O) groups is 1. The molecule has 8 nitrogen and oxygen atoms in total. The molecule has 3 aliphatic rings. The Bertz CT molecular complexity index is 1440. The van der Waals surface area contributed by atoms with Gasteiger partial charge in [-0.3, -0.25) is 9.69 Å². The zero-order chi connectivity index (χ0) is 27.8. The van der Waals surface area contributed by atoms with E-state index in [1.54, 1.807) is 0 Å². The highest BCUT2D eigenvalue weighted by molar-refractivity contribution is 6.42. The highest BCUT2D eigenvalue weighted by Gasteiger charge is 2.43. The van der Waals surface area contributed by atoms with Gasteiger partial charge in [-0.1, -0.05) is 29.8 Å². The fourth-order valence-corrected chi connectivity index (χ4v) is 6.19. The van der Waals surface area contributed by atoms with Gasteiger partial charge in [-0.05, 0) is 56.6 Å². The van der Waals surface area contributed by atoms with Crippen LogP contribution in [0, 0.1) is 5.82 Å². The molecule has 0 spiro atoms. The molecule has 2 bridgehead atoms. The molecular weight excluding hydrogens is 556 g/mol. The Balaban J connectivity index is 1.30. The van der Waals surface area contributed by atoms with Crippen molar-refractivity contribution in [2.75, 3.05) is 31.6 Å². The fourth-order valence-electron chi connectivity index (χ4n) is 5.88. The topological polar surface area (TPSA) is 79.8 Å². The van der Waals surface area contributed by atoms with Crippen molar-refractivity contribution in [3.05, 3.63) is 59.1 Å². The van der Waals surface area contributed by atoms with E-state index in [0.717, 1.165) is 45.3 Å². The van der Waals surface area contributed by atoms with Crippen LogP contribution in [0.15, 0.2) is 43.2 Å². The highest BCUT2D eigenvalue weighted by atomic mass is 35.5. The molecule has 0 aliphatic carbocycles. The van der Waals surface area contributed by atoms with Crippen LogP contribution in [0.1, 0.15) is 32.1 Å². The summed E-state index contributed by atoms with van der Waals surface area (Å²) in [5.74, 6) is 0.867. The van der Waals surface area contributed by atoms with Gasteiger partial charge in [0.15, 0.2) is 17.3 Å². The van der Waals surface area contributed by atoms with Crippen LogP contribution in [0.25, 0.3) is 10.9 Å². The lowest BCUT2D eigenvalue weighted by molar-refractivity contribution is -0.131. The lowest BCUT2D eigenvalue weighted by Crippen LogP contribution is -2.48. The average Bonchev–Trinajstić information content (AvgIpc) is 3.20. The van der Waals surface area contributed by atoms with Gasteiger partial charge in [-0.25, -0.2) is 14.4 Å². The Labute approximate surface area is 242 Å². The monoisotopic (exact) mass is 585 g/mol. The first-order chi connectivity index (χ1) is 19.4. The van der Waals surface area contributed by atoms with Crippen LogP contribution in [-0.2, 0) is 4.79 Å². The van der Waals surface area contributed by atoms with Gasteiger partial charge in [0.2, 0.25) is 5.91 Å². The van der Waals surface area contributed by atoms with Crippen molar-refractivity contribution >= 4 is 51.5 Å². The minimum absolute atomic E-state index is 0.0194. The second-order valence-corrected chi connectivity index (χ2v) is 11.3. The summed E-state index contributed by atoms with van der Waals surface area (Å²) in [7, 11) is 0. The number of ether oxygens (including phenoxy) is 2. The second-order valence-electron chi connectivity index (χ2n) is 10.5. The quantitative estimate of drug-likeness (QED) is 0.244. The summed E-state index contributed by atoms with van der Waals surface area (Å²) in [5.41, 5.74) is 0.762. The molecule has 11 heteroatoms. The van der Waals surface area contributed by atoms with E-state index < -0.39 is 5.82 Å². The molecule has 4 heterocycles. The molecule has 0 radical (unpaired) electrons. The van der Waals surface area contributed by atoms with Crippen LogP contribution in [0.5, 0.6) is 11.5 Å². The first-order valence-corrected chi connectivity index (χ1v) is 14.3. The summed E-state index contributed by atoms with van der Waals surface area (Å²) >= 11 is 12.0. The molecule has 1 N–H and O–H groups in total. The number of fused-ring (bicyclic) bond motifs is 3. The van der Waals surface area contributed by atoms with E-state index in [1.807, 2.05) is 17.0 Å².